The van der Waals surface area contributed by atoms with Crippen molar-refractivity contribution in [1.29, 1.82) is 0 Å². The molecule has 6 rings (SSSR count). The molecule has 0 saturated carbocycles. The van der Waals surface area contributed by atoms with Crippen LogP contribution in [0, 0.1) is 11.8 Å². The Bertz CT molecular complexity index is 2190. The Morgan fingerprint density at radius 3 is 1.77 bits per heavy atom. The summed E-state index contributed by atoms with van der Waals surface area (Å²) in [6, 6.07) is 7.68. The number of nitrogens with one attached hydrogen (secondary N) is 4. The molecular formula is C44H60N8O10. The quantitative estimate of drug-likeness (QED) is 0.0881. The number of alkyl carbamates (subject to hydrolysis) is 2. The van der Waals surface area contributed by atoms with E-state index in [1.807, 2.05) is 58.0 Å². The number of hydrogen-bond acceptors (Lipinski definition) is 12. The average molecular weight is 861 g/mol. The van der Waals surface area contributed by atoms with Crippen LogP contribution in [0.25, 0.3) is 33.4 Å². The summed E-state index contributed by atoms with van der Waals surface area (Å²) in [7, 11) is 5.76. The number of likely N-dealkylation sites (tertiary alicyclic amines) is 2. The zero-order chi connectivity index (χ0) is 44.5. The van der Waals surface area contributed by atoms with E-state index in [-0.39, 0.29) is 48.9 Å². The van der Waals surface area contributed by atoms with Crippen LogP contribution in [0.3, 0.4) is 0 Å². The summed E-state index contributed by atoms with van der Waals surface area (Å²) in [5.41, 5.74) is 4.44. The van der Waals surface area contributed by atoms with Crippen molar-refractivity contribution in [3.63, 3.8) is 0 Å². The second-order valence-electron chi connectivity index (χ2n) is 16.1. The van der Waals surface area contributed by atoms with E-state index in [1.165, 1.54) is 14.2 Å². The number of aromatic amines is 2. The Morgan fingerprint density at radius 1 is 0.710 bits per heavy atom. The highest BCUT2D eigenvalue weighted by atomic mass is 16.6. The van der Waals surface area contributed by atoms with Crippen LogP contribution < -0.4 is 20.1 Å². The first-order valence-electron chi connectivity index (χ1n) is 21.2. The number of nitrogens with zero attached hydrogens (tertiary/aromatic N) is 4. The molecular weight excluding hydrogens is 801 g/mol. The largest absolute Gasteiger partial charge is 0.487 e. The third kappa shape index (κ3) is 10.1. The first-order chi connectivity index (χ1) is 29.9. The molecule has 18 nitrogen and oxygen atoms in total. The molecule has 2 aliphatic rings. The van der Waals surface area contributed by atoms with Gasteiger partial charge in [-0.05, 0) is 67.3 Å². The number of imidazole rings is 2. The molecule has 0 bridgehead atoms. The molecule has 2 aliphatic heterocycles. The lowest BCUT2D eigenvalue weighted by Gasteiger charge is -2.30. The summed E-state index contributed by atoms with van der Waals surface area (Å²) in [6.07, 6.45) is 3.40. The monoisotopic (exact) mass is 860 g/mol. The molecule has 0 radical (unpaired) electrons. The number of aromatic nitrogens is 4. The smallest absolute Gasteiger partial charge is 0.407 e. The van der Waals surface area contributed by atoms with Crippen LogP contribution in [0.4, 0.5) is 9.59 Å². The predicted octanol–water partition coefficient (Wildman–Crippen LogP) is 5.76. The summed E-state index contributed by atoms with van der Waals surface area (Å²) in [6.45, 7) is 9.72. The molecule has 4 atom stereocenters. The van der Waals surface area contributed by atoms with Crippen molar-refractivity contribution in [1.82, 2.24) is 40.4 Å². The Hall–Kier alpha value is -5.88. The fourth-order valence-electron chi connectivity index (χ4n) is 8.13. The second kappa shape index (κ2) is 20.8. The number of fused-ring (bicyclic) bond motifs is 1. The zero-order valence-electron chi connectivity index (χ0n) is 36.9. The van der Waals surface area contributed by atoms with E-state index in [0.29, 0.717) is 67.1 Å². The first kappa shape index (κ1) is 45.6. The maximum Gasteiger partial charge on any atom is 0.407 e. The van der Waals surface area contributed by atoms with E-state index in [0.717, 1.165) is 41.4 Å². The lowest BCUT2D eigenvalue weighted by Crippen LogP contribution is -2.51. The second-order valence-corrected chi connectivity index (χ2v) is 16.1. The van der Waals surface area contributed by atoms with Crippen molar-refractivity contribution in [3.8, 4) is 33.9 Å². The summed E-state index contributed by atoms with van der Waals surface area (Å²) in [4.78, 5) is 72.1. The van der Waals surface area contributed by atoms with Crippen molar-refractivity contribution >= 4 is 35.0 Å². The number of rotatable bonds is 18. The lowest BCUT2D eigenvalue weighted by molar-refractivity contribution is -0.136. The molecule has 2 saturated heterocycles. The van der Waals surface area contributed by atoms with Gasteiger partial charge in [0.15, 0.2) is 11.5 Å². The molecule has 0 unspecified atom stereocenters. The minimum atomic E-state index is -0.758. The van der Waals surface area contributed by atoms with E-state index in [2.05, 4.69) is 20.6 Å². The van der Waals surface area contributed by atoms with Crippen LogP contribution in [0.15, 0.2) is 36.5 Å². The van der Waals surface area contributed by atoms with Gasteiger partial charge in [0.25, 0.3) is 0 Å². The van der Waals surface area contributed by atoms with Crippen LogP contribution in [0.5, 0.6) is 11.5 Å². The van der Waals surface area contributed by atoms with Gasteiger partial charge in [-0.1, -0.05) is 33.8 Å². The molecule has 2 aromatic carbocycles. The van der Waals surface area contributed by atoms with Gasteiger partial charge in [-0.3, -0.25) is 9.59 Å². The van der Waals surface area contributed by atoms with Crippen molar-refractivity contribution in [2.45, 2.75) is 77.5 Å². The van der Waals surface area contributed by atoms with Crippen molar-refractivity contribution in [3.05, 3.63) is 48.2 Å². The number of amides is 4. The van der Waals surface area contributed by atoms with Gasteiger partial charge in [0.05, 0.1) is 62.4 Å². The van der Waals surface area contributed by atoms with Gasteiger partial charge in [-0.2, -0.15) is 0 Å². The van der Waals surface area contributed by atoms with Crippen LogP contribution in [-0.2, 0) is 28.5 Å². The number of H-pyrrole nitrogens is 2. The maximum absolute atomic E-state index is 13.8. The summed E-state index contributed by atoms with van der Waals surface area (Å²) in [5, 5.41) is 5.40. The van der Waals surface area contributed by atoms with Crippen LogP contribution in [-0.4, -0.2) is 134 Å². The topological polar surface area (TPSA) is 212 Å². The van der Waals surface area contributed by atoms with E-state index in [4.69, 9.17) is 38.4 Å². The lowest BCUT2D eigenvalue weighted by atomic mass is 9.99. The molecule has 336 valence electrons. The molecule has 18 heteroatoms. The highest BCUT2D eigenvalue weighted by Crippen LogP contribution is 2.46. The molecule has 4 amide bonds. The van der Waals surface area contributed by atoms with Gasteiger partial charge in [0.1, 0.15) is 36.9 Å². The number of hydrogen-bond donors (Lipinski definition) is 4. The number of carbonyl (C=O) groups excluding carboxylic acids is 4. The highest BCUT2D eigenvalue weighted by molar-refractivity contribution is 5.89. The van der Waals surface area contributed by atoms with Crippen molar-refractivity contribution < 1.29 is 47.6 Å². The summed E-state index contributed by atoms with van der Waals surface area (Å²) >= 11 is 0. The van der Waals surface area contributed by atoms with Gasteiger partial charge in [-0.25, -0.2) is 19.6 Å². The highest BCUT2D eigenvalue weighted by Gasteiger charge is 2.39. The normalized spacial score (nSPS) is 17.4. The molecule has 0 spiro atoms. The van der Waals surface area contributed by atoms with Crippen LogP contribution >= 0.6 is 0 Å². The predicted molar refractivity (Wildman–Crippen MR) is 230 cm³/mol. The zero-order valence-corrected chi connectivity index (χ0v) is 36.9. The number of benzene rings is 2. The molecule has 62 heavy (non-hydrogen) atoms. The number of ether oxygens (including phenoxy) is 6. The van der Waals surface area contributed by atoms with Crippen LogP contribution in [0.2, 0.25) is 0 Å². The fourth-order valence-corrected chi connectivity index (χ4v) is 8.13. The molecule has 0 aliphatic carbocycles. The molecule has 4 heterocycles. The average Bonchev–Trinajstić information content (AvgIpc) is 4.10. The minimum absolute atomic E-state index is 0.152. The van der Waals surface area contributed by atoms with E-state index in [1.54, 1.807) is 30.2 Å². The SMILES string of the molecule is COCCOc1c(-c2ccc3nc([C@@H]4CCCN4C(=O)[C@@H](NC(=O)OC)C(C)C)[nH]c3c2)ccc(-c2cnc([C@@H]3CCCN3C(=O)[C@@H](NC(=O)OC)C(C)C)[nH]2)c1OCCOC. The van der Waals surface area contributed by atoms with E-state index < -0.39 is 24.3 Å². The van der Waals surface area contributed by atoms with E-state index >= 15 is 0 Å². The third-order valence-corrected chi connectivity index (χ3v) is 11.4. The summed E-state index contributed by atoms with van der Waals surface area (Å²) in [5.74, 6) is 1.54. The van der Waals surface area contributed by atoms with E-state index in [9.17, 15) is 19.2 Å². The molecule has 2 aromatic heterocycles. The maximum atomic E-state index is 13.8. The minimum Gasteiger partial charge on any atom is -0.487 e. The Labute approximate surface area is 361 Å². The van der Waals surface area contributed by atoms with Crippen LogP contribution in [0.1, 0.15) is 77.1 Å². The van der Waals surface area contributed by atoms with Crippen molar-refractivity contribution in [2.75, 3.05) is 68.0 Å². The van der Waals surface area contributed by atoms with Gasteiger partial charge in [-0.15, -0.1) is 0 Å². The summed E-state index contributed by atoms with van der Waals surface area (Å²) < 4.78 is 33.3. The Kier molecular flexibility index (Phi) is 15.3. The van der Waals surface area contributed by atoms with Crippen molar-refractivity contribution in [2.24, 2.45) is 11.8 Å². The molecule has 2 fully saturated rings. The first-order valence-corrected chi connectivity index (χ1v) is 21.2. The Balaban J connectivity index is 1.34. The van der Waals surface area contributed by atoms with Gasteiger partial charge >= 0.3 is 12.2 Å². The third-order valence-electron chi connectivity index (χ3n) is 11.4. The van der Waals surface area contributed by atoms with Gasteiger partial charge < -0.3 is 58.8 Å². The molecule has 4 aromatic rings. The van der Waals surface area contributed by atoms with Gasteiger partial charge in [0.2, 0.25) is 11.8 Å². The number of carbonyl (C=O) groups is 4. The number of methoxy groups -OCH3 is 4. The standard InChI is InChI=1S/C44H60N8O10/c1-25(2)35(49-43(55)59-7)41(53)51-17-9-11-33(51)39-45-24-32(48-39)29-15-14-28(37(61-21-19-57-5)38(29)62-22-20-58-6)27-13-16-30-31(23-27)47-40(46-30)34-12-10-18-52(34)42(54)36(26(3)4)50-44(56)60-8/h13-16,23-26,33-36H,9-12,17-22H2,1-8H3,(H,45,48)(H,46,47)(H,49,55)(H,50,56)/t33-,34-,35-,36-/m0/s1. The molecule has 4 N–H and O–H groups in total. The van der Waals surface area contributed by atoms with Gasteiger partial charge in [0, 0.05) is 38.4 Å². The fraction of sp³-hybridized carbons (Fsp3) is 0.545. The Morgan fingerprint density at radius 2 is 1.24 bits per heavy atom.